The van der Waals surface area contributed by atoms with Crippen molar-refractivity contribution >= 4 is 37.1 Å². The molecule has 2 amide bonds. The molecule has 0 N–H and O–H groups in total. The topological polar surface area (TPSA) is 40.6 Å². The van der Waals surface area contributed by atoms with Crippen LogP contribution >= 0.6 is 25.3 Å². The van der Waals surface area contributed by atoms with Crippen molar-refractivity contribution in [1.82, 2.24) is 9.80 Å². The number of nitrogens with zero attached hydrogens (tertiary/aromatic N) is 2. The van der Waals surface area contributed by atoms with Crippen LogP contribution in [0.2, 0.25) is 0 Å². The zero-order chi connectivity index (χ0) is 10.6. The van der Waals surface area contributed by atoms with Gasteiger partial charge in [-0.25, -0.2) is 0 Å². The Bertz CT molecular complexity index is 211. The molecule has 0 spiro atoms. The van der Waals surface area contributed by atoms with Gasteiger partial charge in [-0.2, -0.15) is 25.3 Å². The van der Waals surface area contributed by atoms with E-state index in [2.05, 4.69) is 25.3 Å². The van der Waals surface area contributed by atoms with Crippen LogP contribution in [0.4, 0.5) is 0 Å². The standard InChI is InChI=1S/C8H14N2O2S2/c11-7-6-10(2-4-14)8(12)5-9(7)1-3-13/h13-14H,1-6H2. The van der Waals surface area contributed by atoms with Crippen LogP contribution in [0, 0.1) is 0 Å². The van der Waals surface area contributed by atoms with Gasteiger partial charge < -0.3 is 9.80 Å². The highest BCUT2D eigenvalue weighted by Crippen LogP contribution is 2.04. The molecule has 0 saturated carbocycles. The molecule has 1 saturated heterocycles. The van der Waals surface area contributed by atoms with Crippen LogP contribution in [-0.2, 0) is 9.59 Å². The van der Waals surface area contributed by atoms with Gasteiger partial charge in [-0.3, -0.25) is 9.59 Å². The van der Waals surface area contributed by atoms with E-state index in [0.29, 0.717) is 24.6 Å². The van der Waals surface area contributed by atoms with Crippen molar-refractivity contribution in [1.29, 1.82) is 0 Å². The molecular formula is C8H14N2O2S2. The molecule has 0 aromatic heterocycles. The molecule has 0 aromatic carbocycles. The number of carbonyl (C=O) groups is 2. The molecule has 6 heteroatoms. The van der Waals surface area contributed by atoms with E-state index in [9.17, 15) is 9.59 Å². The van der Waals surface area contributed by atoms with Gasteiger partial charge in [0.05, 0.1) is 13.1 Å². The molecule has 0 aromatic rings. The summed E-state index contributed by atoms with van der Waals surface area (Å²) in [6.45, 7) is 1.46. The average Bonchev–Trinajstić information content (AvgIpc) is 2.14. The van der Waals surface area contributed by atoms with Crippen LogP contribution in [0.1, 0.15) is 0 Å². The number of amides is 2. The Morgan fingerprint density at radius 3 is 1.57 bits per heavy atom. The Morgan fingerprint density at radius 1 is 0.929 bits per heavy atom. The zero-order valence-electron chi connectivity index (χ0n) is 7.85. The fourth-order valence-electron chi connectivity index (χ4n) is 1.35. The maximum absolute atomic E-state index is 11.5. The van der Waals surface area contributed by atoms with Crippen LogP contribution < -0.4 is 0 Å². The van der Waals surface area contributed by atoms with E-state index in [0.717, 1.165) is 0 Å². The Labute approximate surface area is 94.4 Å². The molecule has 1 rings (SSSR count). The van der Waals surface area contributed by atoms with Gasteiger partial charge in [-0.1, -0.05) is 0 Å². The van der Waals surface area contributed by atoms with Crippen molar-refractivity contribution in [2.45, 2.75) is 0 Å². The second kappa shape index (κ2) is 5.50. The smallest absolute Gasteiger partial charge is 0.242 e. The highest BCUT2D eigenvalue weighted by molar-refractivity contribution is 7.80. The number of carbonyl (C=O) groups excluding carboxylic acids is 2. The summed E-state index contributed by atoms with van der Waals surface area (Å²) in [5.41, 5.74) is 0. The molecule has 4 nitrogen and oxygen atoms in total. The first-order valence-electron chi connectivity index (χ1n) is 4.46. The average molecular weight is 234 g/mol. The predicted octanol–water partition coefficient (Wildman–Crippen LogP) is -0.483. The predicted molar refractivity (Wildman–Crippen MR) is 60.9 cm³/mol. The summed E-state index contributed by atoms with van der Waals surface area (Å²) in [4.78, 5) is 26.1. The minimum Gasteiger partial charge on any atom is -0.331 e. The van der Waals surface area contributed by atoms with Gasteiger partial charge in [0.1, 0.15) is 0 Å². The molecule has 1 aliphatic heterocycles. The van der Waals surface area contributed by atoms with Crippen molar-refractivity contribution in [3.05, 3.63) is 0 Å². The Kier molecular flexibility index (Phi) is 4.60. The van der Waals surface area contributed by atoms with E-state index in [-0.39, 0.29) is 24.9 Å². The summed E-state index contributed by atoms with van der Waals surface area (Å²) in [6.07, 6.45) is 0. The number of piperazine rings is 1. The third kappa shape index (κ3) is 2.81. The van der Waals surface area contributed by atoms with Crippen LogP contribution in [0.5, 0.6) is 0 Å². The lowest BCUT2D eigenvalue weighted by atomic mass is 10.3. The number of thiol groups is 2. The van der Waals surface area contributed by atoms with E-state index in [1.54, 1.807) is 9.80 Å². The second-order valence-electron chi connectivity index (χ2n) is 3.08. The highest BCUT2D eigenvalue weighted by Gasteiger charge is 2.28. The quantitative estimate of drug-likeness (QED) is 0.645. The van der Waals surface area contributed by atoms with E-state index >= 15 is 0 Å². The summed E-state index contributed by atoms with van der Waals surface area (Å²) < 4.78 is 0. The molecule has 0 aliphatic carbocycles. The molecule has 0 bridgehead atoms. The molecule has 1 fully saturated rings. The molecular weight excluding hydrogens is 220 g/mol. The SMILES string of the molecule is O=C1CN(CCS)C(=O)CN1CCS. The number of hydrogen-bond donors (Lipinski definition) is 2. The first-order chi connectivity index (χ1) is 6.69. The molecule has 0 radical (unpaired) electrons. The summed E-state index contributed by atoms with van der Waals surface area (Å²) in [5, 5.41) is 0. The summed E-state index contributed by atoms with van der Waals surface area (Å²) in [7, 11) is 0. The van der Waals surface area contributed by atoms with E-state index in [1.165, 1.54) is 0 Å². The van der Waals surface area contributed by atoms with E-state index < -0.39 is 0 Å². The van der Waals surface area contributed by atoms with Crippen molar-refractivity contribution in [3.63, 3.8) is 0 Å². The van der Waals surface area contributed by atoms with Gasteiger partial charge in [-0.05, 0) is 0 Å². The molecule has 0 unspecified atom stereocenters. The fraction of sp³-hybridized carbons (Fsp3) is 0.750. The maximum Gasteiger partial charge on any atom is 0.242 e. The monoisotopic (exact) mass is 234 g/mol. The van der Waals surface area contributed by atoms with Crippen molar-refractivity contribution < 1.29 is 9.59 Å². The van der Waals surface area contributed by atoms with Gasteiger partial charge in [0, 0.05) is 24.6 Å². The Morgan fingerprint density at radius 2 is 1.29 bits per heavy atom. The van der Waals surface area contributed by atoms with Gasteiger partial charge in [0.2, 0.25) is 11.8 Å². The Hall–Kier alpha value is -0.360. The largest absolute Gasteiger partial charge is 0.331 e. The van der Waals surface area contributed by atoms with E-state index in [1.807, 2.05) is 0 Å². The van der Waals surface area contributed by atoms with Crippen LogP contribution in [0.3, 0.4) is 0 Å². The second-order valence-corrected chi connectivity index (χ2v) is 3.97. The van der Waals surface area contributed by atoms with Crippen molar-refractivity contribution in [2.24, 2.45) is 0 Å². The lowest BCUT2D eigenvalue weighted by molar-refractivity contribution is -0.149. The molecule has 14 heavy (non-hydrogen) atoms. The minimum atomic E-state index is 0.000401. The molecule has 80 valence electrons. The first-order valence-corrected chi connectivity index (χ1v) is 5.72. The normalized spacial score (nSPS) is 17.9. The van der Waals surface area contributed by atoms with Gasteiger partial charge >= 0.3 is 0 Å². The van der Waals surface area contributed by atoms with Gasteiger partial charge in [0.25, 0.3) is 0 Å². The summed E-state index contributed by atoms with van der Waals surface area (Å²) in [5.74, 6) is 1.18. The van der Waals surface area contributed by atoms with Crippen LogP contribution in [-0.4, -0.2) is 59.3 Å². The molecule has 0 atom stereocenters. The lowest BCUT2D eigenvalue weighted by Gasteiger charge is -2.33. The third-order valence-electron chi connectivity index (χ3n) is 2.10. The summed E-state index contributed by atoms with van der Waals surface area (Å²) >= 11 is 8.07. The maximum atomic E-state index is 11.5. The number of hydrogen-bond acceptors (Lipinski definition) is 4. The summed E-state index contributed by atoms with van der Waals surface area (Å²) in [6, 6.07) is 0. The first kappa shape index (κ1) is 11.7. The van der Waals surface area contributed by atoms with Gasteiger partial charge in [0.15, 0.2) is 0 Å². The number of rotatable bonds is 4. The van der Waals surface area contributed by atoms with Crippen molar-refractivity contribution in [3.8, 4) is 0 Å². The zero-order valence-corrected chi connectivity index (χ0v) is 9.64. The van der Waals surface area contributed by atoms with Gasteiger partial charge in [-0.15, -0.1) is 0 Å². The highest BCUT2D eigenvalue weighted by atomic mass is 32.1. The fourth-order valence-corrected chi connectivity index (χ4v) is 1.83. The van der Waals surface area contributed by atoms with Crippen LogP contribution in [0.15, 0.2) is 0 Å². The lowest BCUT2D eigenvalue weighted by Crippen LogP contribution is -2.54. The minimum absolute atomic E-state index is 0.000401. The van der Waals surface area contributed by atoms with E-state index in [4.69, 9.17) is 0 Å². The molecule has 1 aliphatic rings. The van der Waals surface area contributed by atoms with Crippen LogP contribution in [0.25, 0.3) is 0 Å². The third-order valence-corrected chi connectivity index (χ3v) is 2.50. The Balaban J connectivity index is 2.53. The van der Waals surface area contributed by atoms with Crippen molar-refractivity contribution in [2.75, 3.05) is 37.7 Å². The molecule has 1 heterocycles.